The molecule has 1 atom stereocenters. The van der Waals surface area contributed by atoms with Gasteiger partial charge in [-0.05, 0) is 18.1 Å². The summed E-state index contributed by atoms with van der Waals surface area (Å²) in [5, 5.41) is 9.13. The third kappa shape index (κ3) is 4.47. The van der Waals surface area contributed by atoms with E-state index in [-0.39, 0.29) is 12.2 Å². The molecule has 0 heterocycles. The summed E-state index contributed by atoms with van der Waals surface area (Å²) in [7, 11) is -3.15. The van der Waals surface area contributed by atoms with E-state index in [9.17, 15) is 13.2 Å². The molecule has 0 aliphatic heterocycles. The van der Waals surface area contributed by atoms with Gasteiger partial charge in [-0.15, -0.1) is 0 Å². The maximum atomic E-state index is 11.2. The first-order chi connectivity index (χ1) is 7.81. The third-order valence-electron chi connectivity index (χ3n) is 2.36. The number of aliphatic carboxylic acids is 1. The van der Waals surface area contributed by atoms with Crippen LogP contribution in [-0.2, 0) is 14.6 Å². The van der Waals surface area contributed by atoms with E-state index in [1.807, 2.05) is 0 Å². The number of hydrogen-bond acceptors (Lipinski definition) is 3. The van der Waals surface area contributed by atoms with E-state index in [1.165, 1.54) is 0 Å². The van der Waals surface area contributed by atoms with Crippen LogP contribution in [0, 0.1) is 0 Å². The molecule has 0 aromatic heterocycles. The summed E-state index contributed by atoms with van der Waals surface area (Å²) < 4.78 is 22.8. The summed E-state index contributed by atoms with van der Waals surface area (Å²) in [6.45, 7) is 0. The van der Waals surface area contributed by atoms with Gasteiger partial charge in [0.2, 0.25) is 0 Å². The first-order valence-corrected chi connectivity index (χ1v) is 7.81. The van der Waals surface area contributed by atoms with E-state index in [0.29, 0.717) is 10.0 Å². The minimum Gasteiger partial charge on any atom is -0.481 e. The van der Waals surface area contributed by atoms with Crippen LogP contribution in [0.4, 0.5) is 0 Å². The van der Waals surface area contributed by atoms with Gasteiger partial charge < -0.3 is 5.11 Å². The number of hydrogen-bond donors (Lipinski definition) is 1. The average molecular weight is 321 g/mol. The largest absolute Gasteiger partial charge is 0.481 e. The Morgan fingerprint density at radius 2 is 2.00 bits per heavy atom. The number of carboxylic acids is 1. The molecule has 0 aliphatic rings. The molecule has 1 rings (SSSR count). The second kappa shape index (κ2) is 5.64. The Kier molecular flexibility index (Phi) is 4.70. The van der Waals surface area contributed by atoms with Crippen molar-refractivity contribution in [2.45, 2.75) is 12.3 Å². The Labute approximate surface area is 109 Å². The Bertz CT molecular complexity index is 510. The van der Waals surface area contributed by atoms with Crippen LogP contribution in [0.15, 0.2) is 28.7 Å². The minimum absolute atomic E-state index is 0.0801. The fourth-order valence-electron chi connectivity index (χ4n) is 1.50. The molecule has 0 bridgehead atoms. The number of carbonyl (C=O) groups is 1. The van der Waals surface area contributed by atoms with Crippen LogP contribution in [-0.4, -0.2) is 31.5 Å². The van der Waals surface area contributed by atoms with Crippen molar-refractivity contribution in [3.05, 3.63) is 34.3 Å². The van der Waals surface area contributed by atoms with Crippen molar-refractivity contribution in [1.29, 1.82) is 0 Å². The molecule has 1 aromatic carbocycles. The van der Waals surface area contributed by atoms with Crippen molar-refractivity contribution in [2.24, 2.45) is 0 Å². The van der Waals surface area contributed by atoms with Crippen LogP contribution in [0.1, 0.15) is 17.9 Å². The Balaban J connectivity index is 2.95. The van der Waals surface area contributed by atoms with E-state index in [2.05, 4.69) is 15.9 Å². The van der Waals surface area contributed by atoms with Crippen molar-refractivity contribution in [3.8, 4) is 0 Å². The molecule has 1 aromatic rings. The van der Waals surface area contributed by atoms with Crippen molar-refractivity contribution in [2.75, 3.05) is 12.0 Å². The molecular weight excluding hydrogens is 308 g/mol. The highest BCUT2D eigenvalue weighted by atomic mass is 79.9. The molecule has 0 amide bonds. The van der Waals surface area contributed by atoms with Gasteiger partial charge in [0.15, 0.2) is 0 Å². The highest BCUT2D eigenvalue weighted by Gasteiger charge is 2.23. The Morgan fingerprint density at radius 3 is 2.47 bits per heavy atom. The molecule has 0 aliphatic carbocycles. The summed E-state index contributed by atoms with van der Waals surface area (Å²) in [6.07, 6.45) is 1.18. The maximum Gasteiger partial charge on any atom is 0.311 e. The molecule has 0 spiro atoms. The van der Waals surface area contributed by atoms with Crippen molar-refractivity contribution >= 4 is 31.7 Å². The predicted octanol–water partition coefficient (Wildman–Crippen LogP) is 2.05. The lowest BCUT2D eigenvalue weighted by atomic mass is 9.97. The van der Waals surface area contributed by atoms with E-state index >= 15 is 0 Å². The van der Waals surface area contributed by atoms with Crippen LogP contribution in [0.5, 0.6) is 0 Å². The summed E-state index contributed by atoms with van der Waals surface area (Å²) >= 11 is 3.27. The first-order valence-electron chi connectivity index (χ1n) is 4.96. The fraction of sp³-hybridized carbons (Fsp3) is 0.364. The minimum atomic E-state index is -3.15. The van der Waals surface area contributed by atoms with Gasteiger partial charge in [-0.1, -0.05) is 34.1 Å². The fourth-order valence-corrected chi connectivity index (χ4v) is 2.73. The monoisotopic (exact) mass is 320 g/mol. The van der Waals surface area contributed by atoms with E-state index in [1.54, 1.807) is 24.3 Å². The molecule has 1 unspecified atom stereocenters. The zero-order valence-electron chi connectivity index (χ0n) is 9.26. The predicted molar refractivity (Wildman–Crippen MR) is 68.8 cm³/mol. The van der Waals surface area contributed by atoms with Crippen molar-refractivity contribution in [3.63, 3.8) is 0 Å². The van der Waals surface area contributed by atoms with Gasteiger partial charge in [-0.25, -0.2) is 8.42 Å². The summed E-state index contributed by atoms with van der Waals surface area (Å²) in [5.74, 6) is -1.95. The second-order valence-electron chi connectivity index (χ2n) is 3.83. The molecular formula is C11H13BrO4S. The van der Waals surface area contributed by atoms with E-state index in [0.717, 1.165) is 6.26 Å². The number of rotatable bonds is 5. The zero-order valence-corrected chi connectivity index (χ0v) is 11.7. The van der Waals surface area contributed by atoms with Gasteiger partial charge in [0.25, 0.3) is 0 Å². The van der Waals surface area contributed by atoms with Crippen LogP contribution in [0.3, 0.4) is 0 Å². The molecule has 0 saturated carbocycles. The molecule has 17 heavy (non-hydrogen) atoms. The molecule has 4 nitrogen and oxygen atoms in total. The number of sulfone groups is 1. The second-order valence-corrected chi connectivity index (χ2v) is 6.94. The standard InChI is InChI=1S/C11H13BrO4S/c1-17(15,16)7-6-9(11(13)14)8-4-2-3-5-10(8)12/h2-5,9H,6-7H2,1H3,(H,13,14). The van der Waals surface area contributed by atoms with Crippen LogP contribution >= 0.6 is 15.9 Å². The topological polar surface area (TPSA) is 71.4 Å². The molecule has 94 valence electrons. The number of benzene rings is 1. The average Bonchev–Trinajstić information content (AvgIpc) is 2.18. The molecule has 6 heteroatoms. The zero-order chi connectivity index (χ0) is 13.1. The van der Waals surface area contributed by atoms with Gasteiger partial charge in [-0.2, -0.15) is 0 Å². The molecule has 0 saturated heterocycles. The van der Waals surface area contributed by atoms with Crippen LogP contribution < -0.4 is 0 Å². The third-order valence-corrected chi connectivity index (χ3v) is 4.06. The molecule has 0 radical (unpaired) electrons. The first kappa shape index (κ1) is 14.2. The highest BCUT2D eigenvalue weighted by molar-refractivity contribution is 9.10. The van der Waals surface area contributed by atoms with Crippen molar-refractivity contribution in [1.82, 2.24) is 0 Å². The summed E-state index contributed by atoms with van der Waals surface area (Å²) in [6, 6.07) is 6.94. The van der Waals surface area contributed by atoms with Gasteiger partial charge in [0.1, 0.15) is 9.84 Å². The normalized spacial score (nSPS) is 13.3. The Morgan fingerprint density at radius 1 is 1.41 bits per heavy atom. The van der Waals surface area contributed by atoms with Crippen LogP contribution in [0.25, 0.3) is 0 Å². The Hall–Kier alpha value is -0.880. The number of carboxylic acid groups (broad SMARTS) is 1. The summed E-state index contributed by atoms with van der Waals surface area (Å²) in [5.41, 5.74) is 0.601. The number of halogens is 1. The SMILES string of the molecule is CS(=O)(=O)CCC(C(=O)O)c1ccccc1Br. The molecule has 0 fully saturated rings. The molecule has 1 N–H and O–H groups in total. The highest BCUT2D eigenvalue weighted by Crippen LogP contribution is 2.27. The lowest BCUT2D eigenvalue weighted by Crippen LogP contribution is -2.16. The van der Waals surface area contributed by atoms with Gasteiger partial charge in [0, 0.05) is 10.7 Å². The summed E-state index contributed by atoms with van der Waals surface area (Å²) in [4.78, 5) is 11.2. The van der Waals surface area contributed by atoms with Gasteiger partial charge >= 0.3 is 5.97 Å². The maximum absolute atomic E-state index is 11.2. The quantitative estimate of drug-likeness (QED) is 0.901. The lowest BCUT2D eigenvalue weighted by Gasteiger charge is -2.13. The van der Waals surface area contributed by atoms with E-state index < -0.39 is 21.7 Å². The van der Waals surface area contributed by atoms with Crippen LogP contribution in [0.2, 0.25) is 0 Å². The van der Waals surface area contributed by atoms with E-state index in [4.69, 9.17) is 5.11 Å². The smallest absolute Gasteiger partial charge is 0.311 e. The lowest BCUT2D eigenvalue weighted by molar-refractivity contribution is -0.138. The van der Waals surface area contributed by atoms with Crippen molar-refractivity contribution < 1.29 is 18.3 Å². The van der Waals surface area contributed by atoms with Gasteiger partial charge in [0.05, 0.1) is 11.7 Å². The van der Waals surface area contributed by atoms with Gasteiger partial charge in [-0.3, -0.25) is 4.79 Å².